The van der Waals surface area contributed by atoms with Crippen LogP contribution in [0, 0.1) is 52.3 Å². The first-order valence-electron chi connectivity index (χ1n) is 34.1. The second kappa shape index (κ2) is 28.5. The van der Waals surface area contributed by atoms with E-state index in [1.807, 2.05) is 0 Å². The lowest BCUT2D eigenvalue weighted by Gasteiger charge is -2.61. The first-order valence-corrected chi connectivity index (χ1v) is 34.1. The summed E-state index contributed by atoms with van der Waals surface area (Å²) in [6.45, 7) is 9.08. The van der Waals surface area contributed by atoms with Gasteiger partial charge in [0.1, 0.15) is 134 Å². The van der Waals surface area contributed by atoms with Crippen molar-refractivity contribution in [2.45, 2.75) is 308 Å². The Bertz CT molecular complexity index is 2490. The Labute approximate surface area is 544 Å². The van der Waals surface area contributed by atoms with Crippen LogP contribution in [0.4, 0.5) is 0 Å². The van der Waals surface area contributed by atoms with Gasteiger partial charge in [-0.1, -0.05) is 27.7 Å². The fraction of sp³-hybridized carbons (Fsp3) is 1.00. The molecule has 0 bridgehead atoms. The molecule has 0 amide bonds. The molecule has 42 atom stereocenters. The van der Waals surface area contributed by atoms with Gasteiger partial charge in [0.15, 0.2) is 43.5 Å². The summed E-state index contributed by atoms with van der Waals surface area (Å²) in [4.78, 5) is 0. The predicted octanol–water partition coefficient (Wildman–Crippen LogP) is -5.21. The maximum Gasteiger partial charge on any atom is 0.187 e. The lowest BCUT2D eigenvalue weighted by Crippen LogP contribution is -2.69. The quantitative estimate of drug-likeness (QED) is 0.0642. The lowest BCUT2D eigenvalue weighted by molar-refractivity contribution is -0.414. The van der Waals surface area contributed by atoms with Crippen LogP contribution in [0.15, 0.2) is 0 Å². The van der Waals surface area contributed by atoms with Crippen LogP contribution in [0.25, 0.3) is 0 Å². The van der Waals surface area contributed by atoms with Crippen LogP contribution in [0.2, 0.25) is 0 Å². The molecule has 542 valence electrons. The maximum absolute atomic E-state index is 12.2. The van der Waals surface area contributed by atoms with Crippen LogP contribution in [-0.4, -0.2) is 322 Å². The lowest BCUT2D eigenvalue weighted by atomic mass is 9.44. The molecule has 8 heterocycles. The third kappa shape index (κ3) is 12.8. The standard InChI is InChI=1S/C63H104O31/c1-22-9-14-63(81-21-22)23(2)36-31(94-63)16-30-28-8-7-26-15-27(10-12-61(26,5)29(28)11-13-62(30,36)6)84-57-47(78)43(74)51(35(20-67)87-57)90-60-54(93-59-49(80)52(39(70)32(17-64)85-59)91-56-46(77)42(73)38(69)25(4)83-56)53(40(71)33(18-65)86-60)92-58-48(79)44(75)50(34(19-66)88-58)89-55-45(76)41(72)37(68)24(3)82-55/h22-60,64-80H,7-21H2,1-6H3/t22?,23-,24-,25-,26-,27-,28+,29-,30-,31-,32+,33+,34+,35+,36-,37-,38-,39+,40+,41+,42+,43+,44+,45+,46+,47+,48+,49+,50+,51+,52-,53-,54+,55-,56-,57+,58-,59-,60-,61-,62-,63-/m0/s1. The number of ether oxygens (including phenoxy) is 14. The third-order valence-electron chi connectivity index (χ3n) is 24.5. The molecule has 4 aliphatic carbocycles. The molecule has 0 radical (unpaired) electrons. The van der Waals surface area contributed by atoms with E-state index in [0.29, 0.717) is 48.3 Å². The molecule has 12 aliphatic rings. The van der Waals surface area contributed by atoms with Crippen molar-refractivity contribution in [3.63, 3.8) is 0 Å². The summed E-state index contributed by atoms with van der Waals surface area (Å²) in [7, 11) is 0. The molecule has 1 unspecified atom stereocenters. The van der Waals surface area contributed by atoms with Gasteiger partial charge >= 0.3 is 0 Å². The van der Waals surface area contributed by atoms with Gasteiger partial charge in [0, 0.05) is 12.3 Å². The number of rotatable bonds is 16. The largest absolute Gasteiger partial charge is 0.394 e. The fourth-order valence-corrected chi connectivity index (χ4v) is 19.0. The Kier molecular flexibility index (Phi) is 22.0. The van der Waals surface area contributed by atoms with Crippen molar-refractivity contribution in [2.24, 2.45) is 52.3 Å². The molecule has 0 aromatic heterocycles. The highest BCUT2D eigenvalue weighted by Gasteiger charge is 2.70. The summed E-state index contributed by atoms with van der Waals surface area (Å²) < 4.78 is 86.0. The van der Waals surface area contributed by atoms with E-state index >= 15 is 0 Å². The molecule has 4 saturated carbocycles. The highest BCUT2D eigenvalue weighted by atomic mass is 16.8. The van der Waals surface area contributed by atoms with Crippen molar-refractivity contribution in [3.8, 4) is 0 Å². The SMILES string of the molecule is CC1CC[C@]2(OC1)O[C@H]1C[C@H]3[C@@H]4CC[C@H]5C[C@@H](O[C@@H]6O[C@H](CO)[C@@H](O[C@@H]7O[C@H](CO)[C@@H](O)[C@H](O[C@@H]8O[C@H](CO)[C@@H](O[C@@H]9O[C@@H](C)[C@H](O)[C@@H](O)[C@H]9O)[C@H](O)[C@H]8O)[C@H]7O[C@@H]7O[C@H](CO)[C@@H](O)[C@H](O[C@@H]8O[C@@H](C)[C@H](O)[C@@H](O)[C@H]8O)[C@H]7O)[C@H](O)[C@H]6O)CC[C@]5(C)[C@H]4CC[C@]3(C)[C@H]1[C@@H]2C. The van der Waals surface area contributed by atoms with Gasteiger partial charge in [0.05, 0.1) is 57.5 Å². The minimum Gasteiger partial charge on any atom is -0.394 e. The Morgan fingerprint density at radius 2 is 0.851 bits per heavy atom. The zero-order valence-electron chi connectivity index (χ0n) is 53.9. The molecular formula is C63H104O31. The predicted molar refractivity (Wildman–Crippen MR) is 311 cm³/mol. The molecule has 0 aromatic rings. The fourth-order valence-electron chi connectivity index (χ4n) is 19.0. The summed E-state index contributed by atoms with van der Waals surface area (Å²) in [5.74, 6) is 2.65. The summed E-state index contributed by atoms with van der Waals surface area (Å²) in [5.41, 5.74) is 0.166. The topological polar surface area (TPSA) is 473 Å². The van der Waals surface area contributed by atoms with Crippen molar-refractivity contribution in [3.05, 3.63) is 0 Å². The second-order valence-corrected chi connectivity index (χ2v) is 29.9. The first kappa shape index (κ1) is 72.5. The number of hydrogen-bond acceptors (Lipinski definition) is 31. The van der Waals surface area contributed by atoms with Crippen LogP contribution in [0.3, 0.4) is 0 Å². The average molecular weight is 1360 g/mol. The highest BCUT2D eigenvalue weighted by molar-refractivity contribution is 5.16. The molecular weight excluding hydrogens is 1250 g/mol. The smallest absolute Gasteiger partial charge is 0.187 e. The number of aliphatic hydroxyl groups is 17. The molecule has 8 saturated heterocycles. The van der Waals surface area contributed by atoms with Crippen LogP contribution < -0.4 is 0 Å². The minimum absolute atomic E-state index is 0.0178. The second-order valence-electron chi connectivity index (χ2n) is 29.9. The van der Waals surface area contributed by atoms with E-state index < -0.39 is 223 Å². The van der Waals surface area contributed by atoms with Gasteiger partial charge in [-0.05, 0) is 118 Å². The maximum atomic E-state index is 12.2. The number of fused-ring (bicyclic) bond motifs is 7. The van der Waals surface area contributed by atoms with E-state index in [4.69, 9.17) is 66.3 Å². The van der Waals surface area contributed by atoms with Gasteiger partial charge in [-0.15, -0.1) is 0 Å². The van der Waals surface area contributed by atoms with Crippen molar-refractivity contribution in [1.29, 1.82) is 0 Å². The van der Waals surface area contributed by atoms with E-state index in [9.17, 15) is 86.8 Å². The number of aliphatic hydroxyl groups excluding tert-OH is 17. The van der Waals surface area contributed by atoms with Gasteiger partial charge in [-0.2, -0.15) is 0 Å². The summed E-state index contributed by atoms with van der Waals surface area (Å²) >= 11 is 0. The van der Waals surface area contributed by atoms with Gasteiger partial charge in [-0.3, -0.25) is 0 Å². The molecule has 31 heteroatoms. The summed E-state index contributed by atoms with van der Waals surface area (Å²) in [5, 5.41) is 189. The molecule has 17 N–H and O–H groups in total. The molecule has 12 rings (SSSR count). The van der Waals surface area contributed by atoms with Gasteiger partial charge in [0.2, 0.25) is 0 Å². The third-order valence-corrected chi connectivity index (χ3v) is 24.5. The summed E-state index contributed by atoms with van der Waals surface area (Å²) in [6, 6.07) is 0. The van der Waals surface area contributed by atoms with Gasteiger partial charge in [0.25, 0.3) is 0 Å². The van der Waals surface area contributed by atoms with E-state index in [-0.39, 0.29) is 22.9 Å². The highest BCUT2D eigenvalue weighted by Crippen LogP contribution is 2.71. The Balaban J connectivity index is 0.760. The van der Waals surface area contributed by atoms with E-state index in [0.717, 1.165) is 58.0 Å². The molecule has 8 aliphatic heterocycles. The van der Waals surface area contributed by atoms with E-state index in [1.54, 1.807) is 0 Å². The van der Waals surface area contributed by atoms with Crippen LogP contribution in [0.5, 0.6) is 0 Å². The van der Waals surface area contributed by atoms with Crippen molar-refractivity contribution < 1.29 is 153 Å². The molecule has 94 heavy (non-hydrogen) atoms. The number of hydrogen-bond donors (Lipinski definition) is 17. The van der Waals surface area contributed by atoms with E-state index in [1.165, 1.54) is 13.8 Å². The zero-order chi connectivity index (χ0) is 67.5. The van der Waals surface area contributed by atoms with Gasteiger partial charge in [-0.25, -0.2) is 0 Å². The Morgan fingerprint density at radius 3 is 1.41 bits per heavy atom. The molecule has 12 fully saturated rings. The summed E-state index contributed by atoms with van der Waals surface area (Å²) in [6.07, 6.45) is -46.0. The monoisotopic (exact) mass is 1360 g/mol. The van der Waals surface area contributed by atoms with Crippen molar-refractivity contribution >= 4 is 0 Å². The van der Waals surface area contributed by atoms with Crippen LogP contribution in [-0.2, 0) is 66.3 Å². The molecule has 31 nitrogen and oxygen atoms in total. The van der Waals surface area contributed by atoms with Crippen molar-refractivity contribution in [2.75, 3.05) is 33.0 Å². The van der Waals surface area contributed by atoms with Crippen LogP contribution in [0.1, 0.15) is 106 Å². The molecule has 1 spiro atoms. The van der Waals surface area contributed by atoms with Crippen molar-refractivity contribution in [1.82, 2.24) is 0 Å². The van der Waals surface area contributed by atoms with Gasteiger partial charge < -0.3 is 153 Å². The Morgan fingerprint density at radius 1 is 0.383 bits per heavy atom. The average Bonchev–Trinajstić information content (AvgIpc) is 1.50. The zero-order valence-corrected chi connectivity index (χ0v) is 53.9. The van der Waals surface area contributed by atoms with E-state index in [2.05, 4.69) is 27.7 Å². The van der Waals surface area contributed by atoms with Crippen LogP contribution >= 0.6 is 0 Å². The Hall–Kier alpha value is -1.24. The minimum atomic E-state index is -2.22. The normalized spacial score (nSPS) is 57.8. The molecule has 0 aromatic carbocycles. The first-order chi connectivity index (χ1) is 44.6.